The van der Waals surface area contributed by atoms with Gasteiger partial charge in [0.05, 0.1) is 5.60 Å². The Labute approximate surface area is 103 Å². The summed E-state index contributed by atoms with van der Waals surface area (Å²) >= 11 is 2.08. The minimum absolute atomic E-state index is 0.285. The van der Waals surface area contributed by atoms with Crippen LogP contribution in [0.25, 0.3) is 0 Å². The fourth-order valence-electron chi connectivity index (χ4n) is 3.02. The quantitative estimate of drug-likeness (QED) is 0.817. The van der Waals surface area contributed by atoms with Gasteiger partial charge in [-0.15, -0.1) is 0 Å². The molecular formula is C13H23NOS. The average Bonchev–Trinajstić information content (AvgIpc) is 3.01. The number of ether oxygens (including phenoxy) is 1. The fraction of sp³-hybridized carbons (Fsp3) is 1.00. The van der Waals surface area contributed by atoms with Crippen molar-refractivity contribution in [3.05, 3.63) is 0 Å². The SMILES string of the molecule is C(CC1CCOC2(CCSC2)C1)NC1CC1. The molecule has 1 aliphatic carbocycles. The van der Waals surface area contributed by atoms with Gasteiger partial charge >= 0.3 is 0 Å². The molecule has 0 aromatic carbocycles. The Hall–Kier alpha value is 0.270. The third kappa shape index (κ3) is 2.74. The van der Waals surface area contributed by atoms with Gasteiger partial charge in [-0.25, -0.2) is 0 Å². The van der Waals surface area contributed by atoms with E-state index < -0.39 is 0 Å². The first-order valence-corrected chi connectivity index (χ1v) is 7.97. The van der Waals surface area contributed by atoms with Crippen molar-refractivity contribution >= 4 is 11.8 Å². The summed E-state index contributed by atoms with van der Waals surface area (Å²) in [7, 11) is 0. The van der Waals surface area contributed by atoms with E-state index in [9.17, 15) is 0 Å². The van der Waals surface area contributed by atoms with E-state index in [0.29, 0.717) is 0 Å². The minimum atomic E-state index is 0.285. The van der Waals surface area contributed by atoms with Crippen LogP contribution < -0.4 is 5.32 Å². The van der Waals surface area contributed by atoms with E-state index in [4.69, 9.17) is 4.74 Å². The van der Waals surface area contributed by atoms with E-state index in [2.05, 4.69) is 17.1 Å². The fourth-order valence-corrected chi connectivity index (χ4v) is 4.40. The summed E-state index contributed by atoms with van der Waals surface area (Å²) in [5, 5.41) is 3.64. The number of nitrogens with one attached hydrogen (secondary N) is 1. The summed E-state index contributed by atoms with van der Waals surface area (Å²) in [6.07, 6.45) is 8.10. The molecule has 0 amide bonds. The van der Waals surface area contributed by atoms with Gasteiger partial charge in [0.15, 0.2) is 0 Å². The lowest BCUT2D eigenvalue weighted by Crippen LogP contribution is -2.40. The van der Waals surface area contributed by atoms with Gasteiger partial charge in [-0.05, 0) is 56.7 Å². The molecule has 2 atom stereocenters. The summed E-state index contributed by atoms with van der Waals surface area (Å²) in [5.41, 5.74) is 0.285. The van der Waals surface area contributed by atoms with Gasteiger partial charge in [-0.1, -0.05) is 0 Å². The van der Waals surface area contributed by atoms with Crippen molar-refractivity contribution in [1.29, 1.82) is 0 Å². The average molecular weight is 241 g/mol. The number of hydrogen-bond acceptors (Lipinski definition) is 3. The lowest BCUT2D eigenvalue weighted by atomic mass is 9.83. The van der Waals surface area contributed by atoms with Gasteiger partial charge in [0.25, 0.3) is 0 Å². The van der Waals surface area contributed by atoms with Crippen molar-refractivity contribution in [2.24, 2.45) is 5.92 Å². The van der Waals surface area contributed by atoms with Gasteiger partial charge in [-0.3, -0.25) is 0 Å². The molecule has 1 N–H and O–H groups in total. The molecule has 2 heterocycles. The monoisotopic (exact) mass is 241 g/mol. The van der Waals surface area contributed by atoms with Gasteiger partial charge in [0.2, 0.25) is 0 Å². The Morgan fingerprint density at radius 3 is 3.00 bits per heavy atom. The predicted molar refractivity (Wildman–Crippen MR) is 69.0 cm³/mol. The van der Waals surface area contributed by atoms with Crippen LogP contribution in [0.2, 0.25) is 0 Å². The van der Waals surface area contributed by atoms with E-state index >= 15 is 0 Å². The maximum absolute atomic E-state index is 6.06. The van der Waals surface area contributed by atoms with Crippen LogP contribution in [0.4, 0.5) is 0 Å². The number of rotatable bonds is 4. The lowest BCUT2D eigenvalue weighted by molar-refractivity contribution is -0.0803. The van der Waals surface area contributed by atoms with Crippen LogP contribution >= 0.6 is 11.8 Å². The van der Waals surface area contributed by atoms with Gasteiger partial charge in [0, 0.05) is 18.4 Å². The van der Waals surface area contributed by atoms with Crippen LogP contribution in [-0.2, 0) is 4.74 Å². The number of hydrogen-bond donors (Lipinski definition) is 1. The van der Waals surface area contributed by atoms with Gasteiger partial charge < -0.3 is 10.1 Å². The Kier molecular flexibility index (Phi) is 3.46. The molecule has 3 heteroatoms. The Balaban J connectivity index is 1.43. The maximum Gasteiger partial charge on any atom is 0.0783 e. The van der Waals surface area contributed by atoms with E-state index in [0.717, 1.165) is 18.6 Å². The summed E-state index contributed by atoms with van der Waals surface area (Å²) in [4.78, 5) is 0. The second-order valence-electron chi connectivity index (χ2n) is 5.71. The molecular weight excluding hydrogens is 218 g/mol. The summed E-state index contributed by atoms with van der Waals surface area (Å²) in [6, 6.07) is 0.871. The highest BCUT2D eigenvalue weighted by atomic mass is 32.2. The smallest absolute Gasteiger partial charge is 0.0783 e. The molecule has 0 radical (unpaired) electrons. The zero-order chi connectivity index (χ0) is 10.8. The highest BCUT2D eigenvalue weighted by molar-refractivity contribution is 7.99. The highest BCUT2D eigenvalue weighted by Gasteiger charge is 2.40. The van der Waals surface area contributed by atoms with Crippen LogP contribution in [0.3, 0.4) is 0 Å². The Morgan fingerprint density at radius 2 is 2.25 bits per heavy atom. The molecule has 16 heavy (non-hydrogen) atoms. The molecule has 0 bridgehead atoms. The molecule has 3 fully saturated rings. The summed E-state index contributed by atoms with van der Waals surface area (Å²) in [6.45, 7) is 2.24. The molecule has 2 aliphatic heterocycles. The Bertz CT molecular complexity index is 236. The third-order valence-electron chi connectivity index (χ3n) is 4.23. The molecule has 3 rings (SSSR count). The Morgan fingerprint density at radius 1 is 1.31 bits per heavy atom. The van der Waals surface area contributed by atoms with Crippen molar-refractivity contribution in [3.63, 3.8) is 0 Å². The van der Waals surface area contributed by atoms with Crippen molar-refractivity contribution < 1.29 is 4.74 Å². The molecule has 3 aliphatic rings. The van der Waals surface area contributed by atoms with Crippen molar-refractivity contribution in [2.45, 2.75) is 50.2 Å². The van der Waals surface area contributed by atoms with Crippen LogP contribution in [0.15, 0.2) is 0 Å². The lowest BCUT2D eigenvalue weighted by Gasteiger charge is -2.37. The van der Waals surface area contributed by atoms with E-state index in [-0.39, 0.29) is 5.60 Å². The van der Waals surface area contributed by atoms with Crippen LogP contribution in [0.5, 0.6) is 0 Å². The van der Waals surface area contributed by atoms with Crippen molar-refractivity contribution in [1.82, 2.24) is 5.32 Å². The largest absolute Gasteiger partial charge is 0.374 e. The topological polar surface area (TPSA) is 21.3 Å². The van der Waals surface area contributed by atoms with E-state index in [1.807, 2.05) is 0 Å². The van der Waals surface area contributed by atoms with E-state index in [1.165, 1.54) is 56.6 Å². The molecule has 92 valence electrons. The number of thioether (sulfide) groups is 1. The van der Waals surface area contributed by atoms with Crippen LogP contribution in [-0.4, -0.2) is 36.3 Å². The van der Waals surface area contributed by atoms with Crippen molar-refractivity contribution in [3.8, 4) is 0 Å². The normalized spacial score (nSPS) is 39.4. The first kappa shape index (κ1) is 11.4. The molecule has 0 aromatic heterocycles. The molecule has 0 aromatic rings. The van der Waals surface area contributed by atoms with Gasteiger partial charge in [-0.2, -0.15) is 11.8 Å². The minimum Gasteiger partial charge on any atom is -0.374 e. The molecule has 2 nitrogen and oxygen atoms in total. The van der Waals surface area contributed by atoms with Gasteiger partial charge in [0.1, 0.15) is 0 Å². The molecule has 2 unspecified atom stereocenters. The first-order chi connectivity index (χ1) is 7.86. The molecule has 2 saturated heterocycles. The zero-order valence-electron chi connectivity index (χ0n) is 10.0. The summed E-state index contributed by atoms with van der Waals surface area (Å²) < 4.78 is 6.06. The van der Waals surface area contributed by atoms with Crippen molar-refractivity contribution in [2.75, 3.05) is 24.7 Å². The first-order valence-electron chi connectivity index (χ1n) is 6.81. The highest BCUT2D eigenvalue weighted by Crippen LogP contribution is 2.41. The third-order valence-corrected chi connectivity index (χ3v) is 5.45. The zero-order valence-corrected chi connectivity index (χ0v) is 10.9. The van der Waals surface area contributed by atoms with E-state index in [1.54, 1.807) is 0 Å². The second kappa shape index (κ2) is 4.87. The summed E-state index contributed by atoms with van der Waals surface area (Å²) in [5.74, 6) is 3.48. The molecule has 1 saturated carbocycles. The standard InChI is InChI=1S/C13H23NOS/c1-2-12(1)14-6-3-11-4-7-15-13(9-11)5-8-16-10-13/h11-12,14H,1-10H2. The molecule has 1 spiro atoms. The predicted octanol–water partition coefficient (Wildman–Crippen LogP) is 2.43. The second-order valence-corrected chi connectivity index (χ2v) is 6.82. The maximum atomic E-state index is 6.06. The van der Waals surface area contributed by atoms with Crippen LogP contribution in [0, 0.1) is 5.92 Å². The van der Waals surface area contributed by atoms with Crippen LogP contribution in [0.1, 0.15) is 38.5 Å².